The van der Waals surface area contributed by atoms with Gasteiger partial charge in [-0.05, 0) is 18.1 Å². The van der Waals surface area contributed by atoms with Gasteiger partial charge in [-0.1, -0.05) is 12.1 Å². The van der Waals surface area contributed by atoms with Gasteiger partial charge in [0, 0.05) is 32.0 Å². The Morgan fingerprint density at radius 3 is 3.06 bits per heavy atom. The minimum atomic E-state index is 0.0360. The third-order valence-electron chi connectivity index (χ3n) is 2.97. The molecule has 0 bridgehead atoms. The molecule has 2 rings (SSSR count). The summed E-state index contributed by atoms with van der Waals surface area (Å²) in [5.74, 6) is 0.891. The van der Waals surface area contributed by atoms with Gasteiger partial charge >= 0.3 is 0 Å². The van der Waals surface area contributed by atoms with Crippen LogP contribution < -0.4 is 4.90 Å². The summed E-state index contributed by atoms with van der Waals surface area (Å²) in [6, 6.07) is 3.77. The van der Waals surface area contributed by atoms with Gasteiger partial charge in [0.25, 0.3) is 0 Å². The number of aliphatic hydroxyl groups excluding tert-OH is 1. The van der Waals surface area contributed by atoms with Crippen molar-refractivity contribution < 1.29 is 9.84 Å². The van der Waals surface area contributed by atoms with Gasteiger partial charge in [-0.2, -0.15) is 0 Å². The predicted octanol–water partition coefficient (Wildman–Crippen LogP) is 1.36. The van der Waals surface area contributed by atoms with E-state index < -0.39 is 0 Å². The fraction of sp³-hybridized carbons (Fsp3) is 0.462. The Morgan fingerprint density at radius 2 is 2.41 bits per heavy atom. The van der Waals surface area contributed by atoms with Crippen molar-refractivity contribution in [2.24, 2.45) is 0 Å². The van der Waals surface area contributed by atoms with Crippen molar-refractivity contribution in [2.45, 2.75) is 13.0 Å². The van der Waals surface area contributed by atoms with Crippen LogP contribution in [0.5, 0.6) is 0 Å². The summed E-state index contributed by atoms with van der Waals surface area (Å²) < 4.78 is 5.12. The average molecular weight is 234 g/mol. The van der Waals surface area contributed by atoms with Gasteiger partial charge in [0.15, 0.2) is 0 Å². The summed E-state index contributed by atoms with van der Waals surface area (Å²) in [6.07, 6.45) is 4.95. The molecular weight excluding hydrogens is 216 g/mol. The Bertz CT molecular complexity index is 404. The number of nitrogens with zero attached hydrogens (tertiary/aromatic N) is 2. The van der Waals surface area contributed by atoms with E-state index in [9.17, 15) is 5.11 Å². The lowest BCUT2D eigenvalue weighted by molar-refractivity contribution is 0.222. The Kier molecular flexibility index (Phi) is 4.12. The Labute approximate surface area is 102 Å². The molecule has 4 heteroatoms. The van der Waals surface area contributed by atoms with E-state index in [1.165, 1.54) is 5.57 Å². The largest absolute Gasteiger partial charge is 0.392 e. The molecule has 0 aromatic carbocycles. The van der Waals surface area contributed by atoms with Gasteiger partial charge < -0.3 is 14.7 Å². The van der Waals surface area contributed by atoms with Crippen molar-refractivity contribution in [3.05, 3.63) is 35.5 Å². The molecule has 0 saturated carbocycles. The second-order valence-electron chi connectivity index (χ2n) is 4.14. The molecule has 4 nitrogen and oxygen atoms in total. The smallest absolute Gasteiger partial charge is 0.134 e. The first-order valence-electron chi connectivity index (χ1n) is 5.81. The molecule has 92 valence electrons. The summed E-state index contributed by atoms with van der Waals surface area (Å²) in [5, 5.41) is 9.28. The van der Waals surface area contributed by atoms with Crippen LogP contribution in [0.1, 0.15) is 12.0 Å². The van der Waals surface area contributed by atoms with Gasteiger partial charge in [-0.15, -0.1) is 0 Å². The number of methoxy groups -OCH3 is 1. The maximum absolute atomic E-state index is 9.28. The quantitative estimate of drug-likeness (QED) is 0.799. The Morgan fingerprint density at radius 1 is 1.53 bits per heavy atom. The van der Waals surface area contributed by atoms with E-state index in [0.717, 1.165) is 30.9 Å². The fourth-order valence-electron chi connectivity index (χ4n) is 2.06. The zero-order chi connectivity index (χ0) is 12.1. The van der Waals surface area contributed by atoms with E-state index in [1.807, 2.05) is 12.1 Å². The molecule has 1 aromatic rings. The van der Waals surface area contributed by atoms with Gasteiger partial charge in [0.05, 0.1) is 13.2 Å². The molecule has 1 N–H and O–H groups in total. The molecule has 1 aliphatic rings. The number of pyridine rings is 1. The standard InChI is InChI=1S/C13H18N2O2/c1-17-10-11-4-7-15(8-5-11)13-12(9-16)3-2-6-14-13/h2-4,6,16H,5,7-10H2,1H3. The first-order chi connectivity index (χ1) is 8.35. The zero-order valence-electron chi connectivity index (χ0n) is 10.1. The molecule has 2 heterocycles. The summed E-state index contributed by atoms with van der Waals surface area (Å²) in [7, 11) is 1.72. The van der Waals surface area contributed by atoms with Crippen molar-refractivity contribution in [1.29, 1.82) is 0 Å². The van der Waals surface area contributed by atoms with Crippen LogP contribution in [0.2, 0.25) is 0 Å². The highest BCUT2D eigenvalue weighted by Gasteiger charge is 2.15. The third-order valence-corrected chi connectivity index (χ3v) is 2.97. The monoisotopic (exact) mass is 234 g/mol. The van der Waals surface area contributed by atoms with Crippen LogP contribution in [0.15, 0.2) is 30.0 Å². The molecule has 1 aliphatic heterocycles. The highest BCUT2D eigenvalue weighted by Crippen LogP contribution is 2.21. The molecule has 0 saturated heterocycles. The SMILES string of the molecule is COCC1=CCN(c2ncccc2CO)CC1. The van der Waals surface area contributed by atoms with Crippen LogP contribution in [0, 0.1) is 0 Å². The molecule has 0 fully saturated rings. The second kappa shape index (κ2) is 5.80. The first kappa shape index (κ1) is 12.1. The summed E-state index contributed by atoms with van der Waals surface area (Å²) >= 11 is 0. The number of aromatic nitrogens is 1. The number of hydrogen-bond donors (Lipinski definition) is 1. The normalized spacial score (nSPS) is 15.9. The number of aliphatic hydroxyl groups is 1. The van der Waals surface area contributed by atoms with Crippen molar-refractivity contribution in [3.8, 4) is 0 Å². The van der Waals surface area contributed by atoms with E-state index in [-0.39, 0.29) is 6.61 Å². The van der Waals surface area contributed by atoms with Crippen molar-refractivity contribution in [2.75, 3.05) is 31.7 Å². The highest BCUT2D eigenvalue weighted by atomic mass is 16.5. The molecule has 0 amide bonds. The van der Waals surface area contributed by atoms with E-state index >= 15 is 0 Å². The van der Waals surface area contributed by atoms with Crippen molar-refractivity contribution in [3.63, 3.8) is 0 Å². The van der Waals surface area contributed by atoms with Gasteiger partial charge in [-0.3, -0.25) is 0 Å². The minimum Gasteiger partial charge on any atom is -0.392 e. The van der Waals surface area contributed by atoms with Crippen molar-refractivity contribution >= 4 is 5.82 Å². The molecule has 0 spiro atoms. The van der Waals surface area contributed by atoms with Crippen molar-refractivity contribution in [1.82, 2.24) is 4.98 Å². The molecular formula is C13H18N2O2. The summed E-state index contributed by atoms with van der Waals surface area (Å²) in [4.78, 5) is 6.53. The van der Waals surface area contributed by atoms with Crippen LogP contribution in [-0.2, 0) is 11.3 Å². The summed E-state index contributed by atoms with van der Waals surface area (Å²) in [5.41, 5.74) is 2.22. The molecule has 0 aliphatic carbocycles. The lowest BCUT2D eigenvalue weighted by Gasteiger charge is -2.28. The number of anilines is 1. The molecule has 0 unspecified atom stereocenters. The topological polar surface area (TPSA) is 45.6 Å². The minimum absolute atomic E-state index is 0.0360. The van der Waals surface area contributed by atoms with Gasteiger partial charge in [0.2, 0.25) is 0 Å². The average Bonchev–Trinajstić information content (AvgIpc) is 2.40. The number of ether oxygens (including phenoxy) is 1. The molecule has 1 aromatic heterocycles. The van der Waals surface area contributed by atoms with E-state index in [2.05, 4.69) is 16.0 Å². The molecule has 17 heavy (non-hydrogen) atoms. The number of hydrogen-bond acceptors (Lipinski definition) is 4. The predicted molar refractivity (Wildman–Crippen MR) is 66.9 cm³/mol. The van der Waals surface area contributed by atoms with E-state index in [1.54, 1.807) is 13.3 Å². The Hall–Kier alpha value is -1.39. The maximum Gasteiger partial charge on any atom is 0.134 e. The van der Waals surface area contributed by atoms with Crippen LogP contribution in [-0.4, -0.2) is 36.9 Å². The van der Waals surface area contributed by atoms with Crippen LogP contribution in [0.3, 0.4) is 0 Å². The lowest BCUT2D eigenvalue weighted by Crippen LogP contribution is -2.30. The van der Waals surface area contributed by atoms with Crippen LogP contribution in [0.25, 0.3) is 0 Å². The highest BCUT2D eigenvalue weighted by molar-refractivity contribution is 5.48. The second-order valence-corrected chi connectivity index (χ2v) is 4.14. The third kappa shape index (κ3) is 2.84. The fourth-order valence-corrected chi connectivity index (χ4v) is 2.06. The number of rotatable bonds is 4. The molecule has 0 atom stereocenters. The van der Waals surface area contributed by atoms with Gasteiger partial charge in [-0.25, -0.2) is 4.98 Å². The lowest BCUT2D eigenvalue weighted by atomic mass is 10.1. The Balaban J connectivity index is 2.10. The van der Waals surface area contributed by atoms with E-state index in [0.29, 0.717) is 6.61 Å². The maximum atomic E-state index is 9.28. The van der Waals surface area contributed by atoms with Gasteiger partial charge in [0.1, 0.15) is 5.82 Å². The molecule has 0 radical (unpaired) electrons. The first-order valence-corrected chi connectivity index (χ1v) is 5.81. The summed E-state index contributed by atoms with van der Waals surface area (Å²) in [6.45, 7) is 2.51. The van der Waals surface area contributed by atoms with E-state index in [4.69, 9.17) is 4.74 Å². The van der Waals surface area contributed by atoms with Crippen LogP contribution in [0.4, 0.5) is 5.82 Å². The zero-order valence-corrected chi connectivity index (χ0v) is 10.1. The van der Waals surface area contributed by atoms with Crippen LogP contribution >= 0.6 is 0 Å².